The van der Waals surface area contributed by atoms with Crippen LogP contribution < -0.4 is 4.57 Å². The van der Waals surface area contributed by atoms with Gasteiger partial charge in [0.15, 0.2) is 5.69 Å². The van der Waals surface area contributed by atoms with Crippen molar-refractivity contribution < 1.29 is 4.57 Å². The zero-order valence-electron chi connectivity index (χ0n) is 12.3. The van der Waals surface area contributed by atoms with E-state index in [4.69, 9.17) is 0 Å². The monoisotopic (exact) mass is 240 g/mol. The second-order valence-electron chi connectivity index (χ2n) is 5.25. The zero-order chi connectivity index (χ0) is 13.4. The highest BCUT2D eigenvalue weighted by Gasteiger charge is 2.18. The maximum absolute atomic E-state index is 2.30. The third-order valence-electron chi connectivity index (χ3n) is 4.13. The first-order chi connectivity index (χ1) is 8.43. The number of hydrogen-bond donors (Lipinski definition) is 0. The number of rotatable bonds is 1. The fourth-order valence-electron chi connectivity index (χ4n) is 2.48. The van der Waals surface area contributed by atoms with Gasteiger partial charge in [-0.05, 0) is 50.5 Å². The summed E-state index contributed by atoms with van der Waals surface area (Å²) in [4.78, 5) is 0. The van der Waals surface area contributed by atoms with Gasteiger partial charge in [0, 0.05) is 18.6 Å². The fraction of sp³-hybridized carbons (Fsp3) is 0.353. The third-order valence-corrected chi connectivity index (χ3v) is 4.13. The maximum Gasteiger partial charge on any atom is 0.213 e. The molecular formula is C17H22N+. The molecule has 1 heteroatoms. The van der Waals surface area contributed by atoms with Gasteiger partial charge in [-0.15, -0.1) is 0 Å². The standard InChI is InChI=1S/C17H22N/c1-11-7-8-13(3)17(14(11)4)16-10-9-12(2)15(5)18(16)6/h7-10H,1-6H3/q+1. The molecule has 94 valence electrons. The van der Waals surface area contributed by atoms with Gasteiger partial charge in [-0.25, -0.2) is 0 Å². The summed E-state index contributed by atoms with van der Waals surface area (Å²) in [6.07, 6.45) is 0. The summed E-state index contributed by atoms with van der Waals surface area (Å²) in [6.45, 7) is 10.9. The molecule has 1 aromatic heterocycles. The largest absolute Gasteiger partial charge is 0.213 e. The minimum absolute atomic E-state index is 1.30. The van der Waals surface area contributed by atoms with E-state index in [-0.39, 0.29) is 0 Å². The summed E-state index contributed by atoms with van der Waals surface area (Å²) < 4.78 is 2.30. The Morgan fingerprint density at radius 2 is 1.28 bits per heavy atom. The molecule has 0 saturated heterocycles. The van der Waals surface area contributed by atoms with Crippen LogP contribution in [0, 0.1) is 34.6 Å². The summed E-state index contributed by atoms with van der Waals surface area (Å²) in [7, 11) is 2.15. The Morgan fingerprint density at radius 1 is 0.722 bits per heavy atom. The van der Waals surface area contributed by atoms with Crippen LogP contribution >= 0.6 is 0 Å². The van der Waals surface area contributed by atoms with Crippen LogP contribution in [-0.4, -0.2) is 0 Å². The van der Waals surface area contributed by atoms with Crippen molar-refractivity contribution >= 4 is 0 Å². The number of aryl methyl sites for hydroxylation is 3. The molecule has 0 unspecified atom stereocenters. The van der Waals surface area contributed by atoms with Gasteiger partial charge < -0.3 is 0 Å². The van der Waals surface area contributed by atoms with Crippen LogP contribution in [-0.2, 0) is 7.05 Å². The Hall–Kier alpha value is -1.63. The Kier molecular flexibility index (Phi) is 3.25. The van der Waals surface area contributed by atoms with E-state index in [0.717, 1.165) is 0 Å². The average Bonchev–Trinajstić information content (AvgIpc) is 2.34. The van der Waals surface area contributed by atoms with Crippen molar-refractivity contribution in [1.82, 2.24) is 0 Å². The van der Waals surface area contributed by atoms with Crippen LogP contribution in [0.1, 0.15) is 27.9 Å². The SMILES string of the molecule is Cc1ccc(C)c(-c2ccc(C)c(C)[n+]2C)c1C. The first kappa shape index (κ1) is 12.8. The molecule has 0 bridgehead atoms. The molecule has 1 aromatic carbocycles. The Balaban J connectivity index is 2.78. The molecule has 2 rings (SSSR count). The van der Waals surface area contributed by atoms with Gasteiger partial charge in [0.05, 0.1) is 5.56 Å². The van der Waals surface area contributed by atoms with E-state index in [9.17, 15) is 0 Å². The molecule has 0 amide bonds. The molecule has 0 N–H and O–H groups in total. The van der Waals surface area contributed by atoms with Crippen LogP contribution in [0.4, 0.5) is 0 Å². The van der Waals surface area contributed by atoms with E-state index in [2.05, 4.69) is 70.5 Å². The first-order valence-electron chi connectivity index (χ1n) is 6.47. The van der Waals surface area contributed by atoms with Crippen molar-refractivity contribution in [3.8, 4) is 11.3 Å². The maximum atomic E-state index is 2.30. The molecule has 2 aromatic rings. The van der Waals surface area contributed by atoms with E-state index in [1.54, 1.807) is 0 Å². The lowest BCUT2D eigenvalue weighted by Crippen LogP contribution is -2.35. The quantitative estimate of drug-likeness (QED) is 0.669. The summed E-state index contributed by atoms with van der Waals surface area (Å²) >= 11 is 0. The molecule has 0 saturated carbocycles. The second kappa shape index (κ2) is 4.56. The van der Waals surface area contributed by atoms with Gasteiger partial charge in [-0.3, -0.25) is 0 Å². The topological polar surface area (TPSA) is 3.88 Å². The minimum atomic E-state index is 1.30. The molecule has 0 atom stereocenters. The van der Waals surface area contributed by atoms with E-state index in [1.807, 2.05) is 0 Å². The lowest BCUT2D eigenvalue weighted by molar-refractivity contribution is -0.667. The van der Waals surface area contributed by atoms with Crippen molar-refractivity contribution in [3.63, 3.8) is 0 Å². The molecule has 0 fully saturated rings. The first-order valence-corrected chi connectivity index (χ1v) is 6.47. The predicted molar refractivity (Wildman–Crippen MR) is 76.7 cm³/mol. The number of hydrogen-bond acceptors (Lipinski definition) is 0. The fourth-order valence-corrected chi connectivity index (χ4v) is 2.48. The van der Waals surface area contributed by atoms with Gasteiger partial charge in [0.25, 0.3) is 0 Å². The van der Waals surface area contributed by atoms with Crippen molar-refractivity contribution in [2.24, 2.45) is 7.05 Å². The molecule has 1 nitrogen and oxygen atoms in total. The zero-order valence-corrected chi connectivity index (χ0v) is 12.3. The Labute approximate surface area is 110 Å². The number of pyridine rings is 1. The van der Waals surface area contributed by atoms with Crippen LogP contribution in [0.3, 0.4) is 0 Å². The highest BCUT2D eigenvalue weighted by atomic mass is 14.9. The second-order valence-corrected chi connectivity index (χ2v) is 5.25. The molecule has 0 aliphatic heterocycles. The number of nitrogens with zero attached hydrogens (tertiary/aromatic N) is 1. The van der Waals surface area contributed by atoms with Gasteiger partial charge in [-0.2, -0.15) is 4.57 Å². The van der Waals surface area contributed by atoms with E-state index < -0.39 is 0 Å². The van der Waals surface area contributed by atoms with E-state index >= 15 is 0 Å². The lowest BCUT2D eigenvalue weighted by Gasteiger charge is -2.12. The molecule has 0 aliphatic carbocycles. The molecule has 18 heavy (non-hydrogen) atoms. The van der Waals surface area contributed by atoms with Crippen LogP contribution in [0.2, 0.25) is 0 Å². The van der Waals surface area contributed by atoms with Gasteiger partial charge in [-0.1, -0.05) is 12.1 Å². The van der Waals surface area contributed by atoms with Crippen molar-refractivity contribution in [3.05, 3.63) is 52.2 Å². The third kappa shape index (κ3) is 1.94. The summed E-state index contributed by atoms with van der Waals surface area (Å²) in [5, 5.41) is 0. The lowest BCUT2D eigenvalue weighted by atomic mass is 9.95. The number of aromatic nitrogens is 1. The summed E-state index contributed by atoms with van der Waals surface area (Å²) in [5.74, 6) is 0. The van der Waals surface area contributed by atoms with Crippen LogP contribution in [0.5, 0.6) is 0 Å². The Morgan fingerprint density at radius 3 is 1.94 bits per heavy atom. The van der Waals surface area contributed by atoms with Crippen LogP contribution in [0.25, 0.3) is 11.3 Å². The predicted octanol–water partition coefficient (Wildman–Crippen LogP) is 3.72. The average molecular weight is 240 g/mol. The summed E-state index contributed by atoms with van der Waals surface area (Å²) in [6, 6.07) is 8.87. The summed E-state index contributed by atoms with van der Waals surface area (Å²) in [5.41, 5.74) is 9.43. The molecule has 0 aliphatic rings. The molecule has 1 heterocycles. The van der Waals surface area contributed by atoms with Gasteiger partial charge in [0.1, 0.15) is 7.05 Å². The minimum Gasteiger partial charge on any atom is -0.198 e. The number of benzene rings is 1. The van der Waals surface area contributed by atoms with Crippen molar-refractivity contribution in [1.29, 1.82) is 0 Å². The van der Waals surface area contributed by atoms with Crippen molar-refractivity contribution in [2.75, 3.05) is 0 Å². The normalized spacial score (nSPS) is 10.8. The van der Waals surface area contributed by atoms with Crippen LogP contribution in [0.15, 0.2) is 24.3 Å². The van der Waals surface area contributed by atoms with Gasteiger partial charge >= 0.3 is 0 Å². The van der Waals surface area contributed by atoms with E-state index in [1.165, 1.54) is 39.2 Å². The Bertz CT molecular complexity index is 609. The molecule has 0 radical (unpaired) electrons. The van der Waals surface area contributed by atoms with Crippen molar-refractivity contribution in [2.45, 2.75) is 34.6 Å². The smallest absolute Gasteiger partial charge is 0.198 e. The highest BCUT2D eigenvalue weighted by Crippen LogP contribution is 2.27. The molecule has 0 spiro atoms. The van der Waals surface area contributed by atoms with Gasteiger partial charge in [0.2, 0.25) is 5.69 Å². The molecular weight excluding hydrogens is 218 g/mol. The van der Waals surface area contributed by atoms with E-state index in [0.29, 0.717) is 0 Å². The highest BCUT2D eigenvalue weighted by molar-refractivity contribution is 5.67.